The second kappa shape index (κ2) is 18.1. The summed E-state index contributed by atoms with van der Waals surface area (Å²) in [4.78, 5) is 4.67. The molecule has 170 valence electrons. The van der Waals surface area contributed by atoms with E-state index in [4.69, 9.17) is 0 Å². The molecule has 29 heavy (non-hydrogen) atoms. The van der Waals surface area contributed by atoms with E-state index in [1.54, 1.807) is 0 Å². The van der Waals surface area contributed by atoms with Crippen LogP contribution in [0.25, 0.3) is 0 Å². The summed E-state index contributed by atoms with van der Waals surface area (Å²) in [6, 6.07) is 0. The maximum atomic E-state index is 9.37. The molecule has 0 fully saturated rings. The zero-order valence-electron chi connectivity index (χ0n) is 19.8. The molecule has 0 radical (unpaired) electrons. The van der Waals surface area contributed by atoms with Gasteiger partial charge in [0.2, 0.25) is 0 Å². The van der Waals surface area contributed by atoms with E-state index in [1.165, 1.54) is 96.3 Å². The third kappa shape index (κ3) is 11.9. The molecular formula is C26H51N2O+. The van der Waals surface area contributed by atoms with Crippen molar-refractivity contribution in [2.24, 2.45) is 4.99 Å². The molecule has 0 aliphatic carbocycles. The normalized spacial score (nSPS) is 21.6. The number of aliphatic hydroxyl groups is 1. The van der Waals surface area contributed by atoms with Gasteiger partial charge in [0, 0.05) is 6.42 Å². The number of hydrogen-bond donors (Lipinski definition) is 1. The van der Waals surface area contributed by atoms with Gasteiger partial charge in [-0.1, -0.05) is 103 Å². The van der Waals surface area contributed by atoms with E-state index >= 15 is 0 Å². The van der Waals surface area contributed by atoms with Crippen LogP contribution in [0.5, 0.6) is 0 Å². The maximum Gasteiger partial charge on any atom is 0.186 e. The van der Waals surface area contributed by atoms with Crippen LogP contribution in [0.1, 0.15) is 117 Å². The number of nitrogens with zero attached hydrogens (tertiary/aromatic N) is 2. The Morgan fingerprint density at radius 2 is 1.38 bits per heavy atom. The Morgan fingerprint density at radius 1 is 0.828 bits per heavy atom. The summed E-state index contributed by atoms with van der Waals surface area (Å²) in [6.07, 6.45) is 29.2. The summed E-state index contributed by atoms with van der Waals surface area (Å²) in [7, 11) is 0. The standard InChI is InChI=1S/C26H51N2O/c1-3-5-6-7-8-9-10-11-12-13-14-15-16-17-18-19-20-21-26-27-22-23-28(26,4-2)24-25-29/h19-20,22,26,29H,3-18,21,23-25H2,1-2H3/q+1/b20-19+. The summed E-state index contributed by atoms with van der Waals surface area (Å²) in [5, 5.41) is 9.37. The van der Waals surface area contributed by atoms with Gasteiger partial charge in [-0.2, -0.15) is 0 Å². The zero-order valence-corrected chi connectivity index (χ0v) is 19.8. The smallest absolute Gasteiger partial charge is 0.186 e. The highest BCUT2D eigenvalue weighted by Crippen LogP contribution is 2.22. The Morgan fingerprint density at radius 3 is 1.90 bits per heavy atom. The van der Waals surface area contributed by atoms with Crippen molar-refractivity contribution in [3.05, 3.63) is 12.2 Å². The average Bonchev–Trinajstić information content (AvgIpc) is 3.13. The first-order valence-electron chi connectivity index (χ1n) is 12.9. The molecule has 2 atom stereocenters. The fraction of sp³-hybridized carbons (Fsp3) is 0.885. The average molecular weight is 408 g/mol. The Balaban J connectivity index is 1.89. The number of hydrogen-bond acceptors (Lipinski definition) is 2. The number of rotatable bonds is 20. The Bertz CT molecular complexity index is 421. The third-order valence-corrected chi connectivity index (χ3v) is 6.77. The lowest BCUT2D eigenvalue weighted by molar-refractivity contribution is -0.935. The molecule has 3 heteroatoms. The van der Waals surface area contributed by atoms with Crippen molar-refractivity contribution in [2.45, 2.75) is 123 Å². The topological polar surface area (TPSA) is 32.6 Å². The van der Waals surface area contributed by atoms with Gasteiger partial charge in [0.15, 0.2) is 6.17 Å². The van der Waals surface area contributed by atoms with Crippen molar-refractivity contribution in [3.63, 3.8) is 0 Å². The molecule has 0 aromatic heterocycles. The molecule has 0 spiro atoms. The molecule has 2 unspecified atom stereocenters. The van der Waals surface area contributed by atoms with Crippen molar-refractivity contribution in [3.8, 4) is 0 Å². The predicted octanol–water partition coefficient (Wildman–Crippen LogP) is 7.04. The minimum atomic E-state index is 0.260. The van der Waals surface area contributed by atoms with Crippen LogP contribution < -0.4 is 0 Å². The van der Waals surface area contributed by atoms with E-state index in [2.05, 4.69) is 37.2 Å². The number of aliphatic imine (C=N–C) groups is 1. The van der Waals surface area contributed by atoms with Gasteiger partial charge < -0.3 is 5.11 Å². The Hall–Kier alpha value is -0.670. The predicted molar refractivity (Wildman–Crippen MR) is 129 cm³/mol. The quantitative estimate of drug-likeness (QED) is 0.131. The van der Waals surface area contributed by atoms with Crippen LogP contribution in [-0.4, -0.2) is 48.2 Å². The summed E-state index contributed by atoms with van der Waals surface area (Å²) < 4.78 is 0.930. The number of allylic oxidation sites excluding steroid dienone is 1. The van der Waals surface area contributed by atoms with Gasteiger partial charge in [-0.25, -0.2) is 4.99 Å². The molecule has 0 aromatic carbocycles. The Kier molecular flexibility index (Phi) is 16.5. The van der Waals surface area contributed by atoms with Gasteiger partial charge in [0.1, 0.15) is 13.1 Å². The van der Waals surface area contributed by atoms with Gasteiger partial charge in [-0.05, 0) is 19.8 Å². The van der Waals surface area contributed by atoms with E-state index in [0.29, 0.717) is 6.17 Å². The van der Waals surface area contributed by atoms with E-state index in [9.17, 15) is 5.11 Å². The lowest BCUT2D eigenvalue weighted by Crippen LogP contribution is -2.53. The molecule has 0 amide bonds. The van der Waals surface area contributed by atoms with Crippen LogP contribution in [0, 0.1) is 0 Å². The number of quaternary nitrogens is 1. The molecule has 1 heterocycles. The fourth-order valence-corrected chi connectivity index (χ4v) is 4.61. The van der Waals surface area contributed by atoms with Gasteiger partial charge in [-0.3, -0.25) is 4.48 Å². The maximum absolute atomic E-state index is 9.37. The van der Waals surface area contributed by atoms with E-state index in [1.807, 2.05) is 0 Å². The zero-order chi connectivity index (χ0) is 21.0. The number of unbranched alkanes of at least 4 members (excludes halogenated alkanes) is 14. The first kappa shape index (κ1) is 26.4. The van der Waals surface area contributed by atoms with Crippen molar-refractivity contribution in [2.75, 3.05) is 26.2 Å². The molecular weight excluding hydrogens is 356 g/mol. The summed E-state index contributed by atoms with van der Waals surface area (Å²) in [5.41, 5.74) is 0. The second-order valence-corrected chi connectivity index (χ2v) is 9.07. The highest BCUT2D eigenvalue weighted by molar-refractivity contribution is 5.60. The molecule has 1 aliphatic rings. The van der Waals surface area contributed by atoms with Crippen LogP contribution in [0.3, 0.4) is 0 Å². The summed E-state index contributed by atoms with van der Waals surface area (Å²) in [5.74, 6) is 0. The molecule has 3 nitrogen and oxygen atoms in total. The third-order valence-electron chi connectivity index (χ3n) is 6.77. The van der Waals surface area contributed by atoms with Crippen molar-refractivity contribution >= 4 is 6.21 Å². The minimum Gasteiger partial charge on any atom is -0.391 e. The highest BCUT2D eigenvalue weighted by Gasteiger charge is 2.36. The number of aliphatic hydroxyl groups excluding tert-OH is 1. The van der Waals surface area contributed by atoms with Crippen LogP contribution in [-0.2, 0) is 0 Å². The largest absolute Gasteiger partial charge is 0.391 e. The molecule has 1 N–H and O–H groups in total. The van der Waals surface area contributed by atoms with E-state index in [0.717, 1.165) is 30.5 Å². The first-order chi connectivity index (χ1) is 14.3. The molecule has 0 saturated heterocycles. The molecule has 0 bridgehead atoms. The van der Waals surface area contributed by atoms with Crippen LogP contribution in [0.2, 0.25) is 0 Å². The van der Waals surface area contributed by atoms with Gasteiger partial charge in [-0.15, -0.1) is 0 Å². The van der Waals surface area contributed by atoms with E-state index in [-0.39, 0.29) is 6.61 Å². The second-order valence-electron chi connectivity index (χ2n) is 9.07. The summed E-state index contributed by atoms with van der Waals surface area (Å²) in [6.45, 7) is 7.63. The van der Waals surface area contributed by atoms with Crippen LogP contribution in [0.15, 0.2) is 17.1 Å². The highest BCUT2D eigenvalue weighted by atomic mass is 16.3. The van der Waals surface area contributed by atoms with Gasteiger partial charge in [0.05, 0.1) is 19.4 Å². The summed E-state index contributed by atoms with van der Waals surface area (Å²) >= 11 is 0. The molecule has 1 aliphatic heterocycles. The van der Waals surface area contributed by atoms with Gasteiger partial charge >= 0.3 is 0 Å². The lowest BCUT2D eigenvalue weighted by Gasteiger charge is -2.37. The first-order valence-corrected chi connectivity index (χ1v) is 12.9. The van der Waals surface area contributed by atoms with Gasteiger partial charge in [0.25, 0.3) is 0 Å². The monoisotopic (exact) mass is 407 g/mol. The van der Waals surface area contributed by atoms with Crippen LogP contribution in [0.4, 0.5) is 0 Å². The molecule has 0 saturated carbocycles. The minimum absolute atomic E-state index is 0.260. The van der Waals surface area contributed by atoms with Crippen LogP contribution >= 0.6 is 0 Å². The SMILES string of the molecule is CCCCCCCCCCCCCCCC/C=C/CC1N=CC[N+]1(CC)CCO. The fourth-order valence-electron chi connectivity index (χ4n) is 4.61. The van der Waals surface area contributed by atoms with Crippen molar-refractivity contribution in [1.29, 1.82) is 0 Å². The van der Waals surface area contributed by atoms with Crippen molar-refractivity contribution < 1.29 is 9.59 Å². The van der Waals surface area contributed by atoms with Crippen molar-refractivity contribution in [1.82, 2.24) is 0 Å². The van der Waals surface area contributed by atoms with E-state index < -0.39 is 0 Å². The lowest BCUT2D eigenvalue weighted by atomic mass is 10.0. The molecule has 0 aromatic rings. The number of likely N-dealkylation sites (N-methyl/N-ethyl adjacent to an activating group) is 1. The molecule has 1 rings (SSSR count). The Labute approximate surface area is 182 Å².